The van der Waals surface area contributed by atoms with Gasteiger partial charge in [-0.2, -0.15) is 0 Å². The van der Waals surface area contributed by atoms with Gasteiger partial charge in [0.25, 0.3) is 5.69 Å². The molecule has 0 aromatic heterocycles. The van der Waals surface area contributed by atoms with Gasteiger partial charge in [0, 0.05) is 17.6 Å². The number of nitrogens with zero attached hydrogens (tertiary/aromatic N) is 1. The molecule has 8 nitrogen and oxygen atoms in total. The summed E-state index contributed by atoms with van der Waals surface area (Å²) in [5, 5.41) is 31.8. The van der Waals surface area contributed by atoms with Crippen LogP contribution in [0.25, 0.3) is 0 Å². The van der Waals surface area contributed by atoms with E-state index in [0.717, 1.165) is 12.1 Å². The van der Waals surface area contributed by atoms with E-state index in [4.69, 9.17) is 16.7 Å². The summed E-state index contributed by atoms with van der Waals surface area (Å²) in [4.78, 5) is 32.5. The average molecular weight is 351 g/mol. The maximum atomic E-state index is 11.3. The van der Waals surface area contributed by atoms with Gasteiger partial charge in [0.1, 0.15) is 5.69 Å². The van der Waals surface area contributed by atoms with Gasteiger partial charge in [0.05, 0.1) is 16.1 Å². The van der Waals surface area contributed by atoms with Crippen LogP contribution in [0.1, 0.15) is 26.3 Å². The molecule has 0 unspecified atom stereocenters. The molecule has 0 saturated heterocycles. The Bertz CT molecular complexity index is 784. The normalized spacial score (nSPS) is 10.2. The van der Waals surface area contributed by atoms with E-state index in [1.807, 2.05) is 0 Å². The van der Waals surface area contributed by atoms with Gasteiger partial charge >= 0.3 is 11.9 Å². The van der Waals surface area contributed by atoms with Crippen molar-refractivity contribution in [3.05, 3.63) is 68.2 Å². The molecule has 2 aromatic carbocycles. The Hall–Kier alpha value is -3.13. The maximum absolute atomic E-state index is 11.3. The van der Waals surface area contributed by atoms with Crippen molar-refractivity contribution in [2.45, 2.75) is 6.54 Å². The predicted molar refractivity (Wildman–Crippen MR) is 85.8 cm³/mol. The number of carbonyl (C=O) groups is 2. The van der Waals surface area contributed by atoms with Crippen LogP contribution in [0.5, 0.6) is 0 Å². The smallest absolute Gasteiger partial charge is 0.338 e. The number of nitrogens with one attached hydrogen (secondary N) is 1. The molecule has 0 saturated carbocycles. The molecule has 0 bridgehead atoms. The first-order valence-corrected chi connectivity index (χ1v) is 6.94. The number of anilines is 1. The van der Waals surface area contributed by atoms with Crippen LogP contribution in [0.3, 0.4) is 0 Å². The van der Waals surface area contributed by atoms with Crippen molar-refractivity contribution in [3.8, 4) is 0 Å². The standard InChI is InChI=1S/C15H11ClN2O6/c16-10-5-11(15(21)22)13(12(6-10)18(23)24)17-7-8-1-3-9(4-2-8)14(19)20/h1-6,17H,7H2,(H,19,20)(H,21,22). The lowest BCUT2D eigenvalue weighted by molar-refractivity contribution is -0.384. The molecule has 2 aromatic rings. The van der Waals surface area contributed by atoms with E-state index in [1.54, 1.807) is 0 Å². The number of halogens is 1. The Morgan fingerprint density at radius 3 is 2.25 bits per heavy atom. The molecule has 3 N–H and O–H groups in total. The van der Waals surface area contributed by atoms with Crippen LogP contribution in [0.15, 0.2) is 36.4 Å². The van der Waals surface area contributed by atoms with Crippen molar-refractivity contribution in [2.75, 3.05) is 5.32 Å². The highest BCUT2D eigenvalue weighted by molar-refractivity contribution is 6.31. The fourth-order valence-electron chi connectivity index (χ4n) is 2.05. The molecular weight excluding hydrogens is 340 g/mol. The van der Waals surface area contributed by atoms with Gasteiger partial charge in [-0.1, -0.05) is 23.7 Å². The number of carboxylic acid groups (broad SMARTS) is 2. The van der Waals surface area contributed by atoms with Crippen molar-refractivity contribution in [3.63, 3.8) is 0 Å². The zero-order chi connectivity index (χ0) is 17.9. The lowest BCUT2D eigenvalue weighted by Crippen LogP contribution is -2.09. The number of aromatic carboxylic acids is 2. The van der Waals surface area contributed by atoms with Crippen molar-refractivity contribution in [1.29, 1.82) is 0 Å². The summed E-state index contributed by atoms with van der Waals surface area (Å²) in [7, 11) is 0. The maximum Gasteiger partial charge on any atom is 0.338 e. The molecule has 9 heteroatoms. The molecule has 24 heavy (non-hydrogen) atoms. The predicted octanol–water partition coefficient (Wildman–Crippen LogP) is 3.26. The van der Waals surface area contributed by atoms with Crippen LogP contribution in [-0.2, 0) is 6.54 Å². The first kappa shape index (κ1) is 17.2. The molecule has 0 atom stereocenters. The number of nitro groups is 1. The van der Waals surface area contributed by atoms with E-state index in [-0.39, 0.29) is 28.4 Å². The zero-order valence-corrected chi connectivity index (χ0v) is 12.8. The Labute approximate surface area is 140 Å². The van der Waals surface area contributed by atoms with E-state index in [1.165, 1.54) is 24.3 Å². The molecule has 0 aliphatic heterocycles. The number of hydrogen-bond donors (Lipinski definition) is 3. The summed E-state index contributed by atoms with van der Waals surface area (Å²) in [6, 6.07) is 8.00. The Balaban J connectivity index is 2.32. The van der Waals surface area contributed by atoms with Crippen molar-refractivity contribution in [1.82, 2.24) is 0 Å². The van der Waals surface area contributed by atoms with E-state index in [0.29, 0.717) is 5.56 Å². The van der Waals surface area contributed by atoms with Crippen LogP contribution >= 0.6 is 11.6 Å². The van der Waals surface area contributed by atoms with Crippen molar-refractivity contribution < 1.29 is 24.7 Å². The minimum atomic E-state index is -1.36. The number of rotatable bonds is 6. The summed E-state index contributed by atoms with van der Waals surface area (Å²) in [6.07, 6.45) is 0. The SMILES string of the molecule is O=C(O)c1ccc(CNc2c(C(=O)O)cc(Cl)cc2[N+](=O)[O-])cc1. The van der Waals surface area contributed by atoms with Crippen LogP contribution in [0, 0.1) is 10.1 Å². The molecule has 0 amide bonds. The minimum Gasteiger partial charge on any atom is -0.478 e. The largest absolute Gasteiger partial charge is 0.478 e. The number of nitro benzene ring substituents is 1. The molecule has 0 spiro atoms. The van der Waals surface area contributed by atoms with Gasteiger partial charge in [-0.05, 0) is 23.8 Å². The van der Waals surface area contributed by atoms with E-state index < -0.39 is 22.5 Å². The molecule has 0 aliphatic carbocycles. The summed E-state index contributed by atoms with van der Waals surface area (Å²) in [5.74, 6) is -2.43. The van der Waals surface area contributed by atoms with Crippen LogP contribution in [0.2, 0.25) is 5.02 Å². The Morgan fingerprint density at radius 1 is 1.12 bits per heavy atom. The first-order chi connectivity index (χ1) is 11.3. The van der Waals surface area contributed by atoms with E-state index >= 15 is 0 Å². The monoisotopic (exact) mass is 350 g/mol. The van der Waals surface area contributed by atoms with Gasteiger partial charge in [0.15, 0.2) is 0 Å². The minimum absolute atomic E-state index is 0.0598. The lowest BCUT2D eigenvalue weighted by atomic mass is 10.1. The molecule has 0 heterocycles. The highest BCUT2D eigenvalue weighted by atomic mass is 35.5. The molecule has 0 radical (unpaired) electrons. The topological polar surface area (TPSA) is 130 Å². The fraction of sp³-hybridized carbons (Fsp3) is 0.0667. The number of hydrogen-bond acceptors (Lipinski definition) is 5. The second kappa shape index (κ2) is 6.97. The van der Waals surface area contributed by atoms with Crippen molar-refractivity contribution in [2.24, 2.45) is 0 Å². The van der Waals surface area contributed by atoms with Gasteiger partial charge in [0.2, 0.25) is 0 Å². The number of carboxylic acids is 2. The van der Waals surface area contributed by atoms with Gasteiger partial charge in [-0.3, -0.25) is 10.1 Å². The quantitative estimate of drug-likeness (QED) is 0.538. The van der Waals surface area contributed by atoms with Crippen LogP contribution in [-0.4, -0.2) is 27.1 Å². The third kappa shape index (κ3) is 3.79. The summed E-state index contributed by atoms with van der Waals surface area (Å²) in [6.45, 7) is 0.0721. The molecule has 124 valence electrons. The van der Waals surface area contributed by atoms with Crippen LogP contribution in [0.4, 0.5) is 11.4 Å². The Kier molecular flexibility index (Phi) is 5.00. The van der Waals surface area contributed by atoms with Gasteiger partial charge < -0.3 is 15.5 Å². The fourth-order valence-corrected chi connectivity index (χ4v) is 2.26. The zero-order valence-electron chi connectivity index (χ0n) is 12.0. The third-order valence-corrected chi connectivity index (χ3v) is 3.40. The highest BCUT2D eigenvalue weighted by Gasteiger charge is 2.23. The van der Waals surface area contributed by atoms with Crippen LogP contribution < -0.4 is 5.32 Å². The first-order valence-electron chi connectivity index (χ1n) is 6.57. The van der Waals surface area contributed by atoms with Gasteiger partial charge in [-0.25, -0.2) is 9.59 Å². The summed E-state index contributed by atoms with van der Waals surface area (Å²) >= 11 is 5.72. The second-order valence-electron chi connectivity index (χ2n) is 4.77. The summed E-state index contributed by atoms with van der Waals surface area (Å²) < 4.78 is 0. The Morgan fingerprint density at radius 2 is 1.75 bits per heavy atom. The third-order valence-electron chi connectivity index (χ3n) is 3.18. The average Bonchev–Trinajstić information content (AvgIpc) is 2.53. The molecule has 0 aliphatic rings. The van der Waals surface area contributed by atoms with E-state index in [2.05, 4.69) is 5.32 Å². The van der Waals surface area contributed by atoms with Gasteiger partial charge in [-0.15, -0.1) is 0 Å². The molecule has 2 rings (SSSR count). The highest BCUT2D eigenvalue weighted by Crippen LogP contribution is 2.32. The van der Waals surface area contributed by atoms with E-state index in [9.17, 15) is 24.8 Å². The lowest BCUT2D eigenvalue weighted by Gasteiger charge is -2.11. The molecular formula is C15H11ClN2O6. The summed E-state index contributed by atoms with van der Waals surface area (Å²) in [5.41, 5.74) is -0.222. The second-order valence-corrected chi connectivity index (χ2v) is 5.20. The number of benzene rings is 2. The van der Waals surface area contributed by atoms with Crippen molar-refractivity contribution >= 4 is 34.9 Å². The molecule has 0 fully saturated rings.